The smallest absolute Gasteiger partial charge is 0.416 e. The van der Waals surface area contributed by atoms with Gasteiger partial charge < -0.3 is 10.1 Å². The van der Waals surface area contributed by atoms with Crippen LogP contribution in [0.5, 0.6) is 0 Å². The lowest BCUT2D eigenvalue weighted by Crippen LogP contribution is -2.38. The number of cyclic esters (lactones) is 1. The highest BCUT2D eigenvalue weighted by atomic mass is 19.4. The predicted octanol–water partition coefficient (Wildman–Crippen LogP) is 4.28. The van der Waals surface area contributed by atoms with E-state index in [0.717, 1.165) is 0 Å². The van der Waals surface area contributed by atoms with E-state index in [1.165, 1.54) is 13.8 Å². The normalized spacial score (nSPS) is 21.5. The summed E-state index contributed by atoms with van der Waals surface area (Å²) in [6.45, 7) is 2.88. The standard InChI is InChI=1S/C13H11F6NO2/c1-11(2)9(22-10(21)20-11)6-3-7(12(14,15)16)5-8(4-6)13(17,18)19/h3-5,9H,1-2H3,(H,20,21)/t9-/m1/s1. The maximum absolute atomic E-state index is 12.8. The third-order valence-electron chi connectivity index (χ3n) is 3.22. The molecule has 0 unspecified atom stereocenters. The molecule has 3 nitrogen and oxygen atoms in total. The molecule has 9 heteroatoms. The Bertz CT molecular complexity index is 573. The van der Waals surface area contributed by atoms with Crippen LogP contribution in [0.2, 0.25) is 0 Å². The van der Waals surface area contributed by atoms with Gasteiger partial charge in [-0.05, 0) is 37.6 Å². The maximum atomic E-state index is 12.8. The van der Waals surface area contributed by atoms with Crippen molar-refractivity contribution < 1.29 is 35.9 Å². The second kappa shape index (κ2) is 4.79. The van der Waals surface area contributed by atoms with Crippen LogP contribution in [0.25, 0.3) is 0 Å². The molecule has 1 aliphatic heterocycles. The molecule has 22 heavy (non-hydrogen) atoms. The molecule has 0 bridgehead atoms. The SMILES string of the molecule is CC1(C)NC(=O)O[C@@H]1c1cc(C(F)(F)F)cc(C(F)(F)F)c1. The van der Waals surface area contributed by atoms with Crippen molar-refractivity contribution in [2.45, 2.75) is 37.8 Å². The number of alkyl halides is 6. The Hall–Kier alpha value is -1.93. The van der Waals surface area contributed by atoms with Crippen LogP contribution in [0, 0.1) is 0 Å². The predicted molar refractivity (Wildman–Crippen MR) is 62.9 cm³/mol. The summed E-state index contributed by atoms with van der Waals surface area (Å²) in [5, 5.41) is 2.33. The Morgan fingerprint density at radius 1 is 1.00 bits per heavy atom. The molecule has 1 aromatic carbocycles. The van der Waals surface area contributed by atoms with E-state index in [4.69, 9.17) is 4.74 Å². The highest BCUT2D eigenvalue weighted by Gasteiger charge is 2.44. The lowest BCUT2D eigenvalue weighted by atomic mass is 9.90. The van der Waals surface area contributed by atoms with Gasteiger partial charge in [-0.2, -0.15) is 26.3 Å². The summed E-state index contributed by atoms with van der Waals surface area (Å²) in [6, 6.07) is 1.14. The molecular formula is C13H11F6NO2. The molecule has 1 saturated heterocycles. The number of alkyl carbamates (subject to hydrolysis) is 1. The molecular weight excluding hydrogens is 316 g/mol. The minimum absolute atomic E-state index is 0.0285. The summed E-state index contributed by atoms with van der Waals surface area (Å²) < 4.78 is 81.6. The third kappa shape index (κ3) is 3.12. The average molecular weight is 327 g/mol. The average Bonchev–Trinajstić information content (AvgIpc) is 2.59. The van der Waals surface area contributed by atoms with E-state index in [0.29, 0.717) is 12.1 Å². The number of benzene rings is 1. The molecule has 1 heterocycles. The van der Waals surface area contributed by atoms with Crippen LogP contribution in [0.1, 0.15) is 36.6 Å². The van der Waals surface area contributed by atoms with Crippen molar-refractivity contribution >= 4 is 6.09 Å². The minimum Gasteiger partial charge on any atom is -0.439 e. The van der Waals surface area contributed by atoms with Crippen LogP contribution in [0.15, 0.2) is 18.2 Å². The number of carbonyl (C=O) groups excluding carboxylic acids is 1. The van der Waals surface area contributed by atoms with Crippen molar-refractivity contribution in [3.8, 4) is 0 Å². The monoisotopic (exact) mass is 327 g/mol. The van der Waals surface area contributed by atoms with Gasteiger partial charge in [0.2, 0.25) is 0 Å². The molecule has 2 rings (SSSR count). The van der Waals surface area contributed by atoms with Gasteiger partial charge in [0.15, 0.2) is 6.10 Å². The molecule has 0 aromatic heterocycles. The van der Waals surface area contributed by atoms with Crippen LogP contribution in [0.3, 0.4) is 0 Å². The van der Waals surface area contributed by atoms with E-state index < -0.39 is 41.2 Å². The first-order valence-corrected chi connectivity index (χ1v) is 6.09. The number of hydrogen-bond acceptors (Lipinski definition) is 2. The minimum atomic E-state index is -4.95. The van der Waals surface area contributed by atoms with Gasteiger partial charge in [0.1, 0.15) is 0 Å². The first-order chi connectivity index (χ1) is 9.80. The molecule has 1 aliphatic rings. The van der Waals surface area contributed by atoms with Crippen molar-refractivity contribution in [3.63, 3.8) is 0 Å². The van der Waals surface area contributed by atoms with Gasteiger partial charge in [-0.15, -0.1) is 0 Å². The molecule has 0 spiro atoms. The summed E-state index contributed by atoms with van der Waals surface area (Å²) in [4.78, 5) is 11.2. The first kappa shape index (κ1) is 16.4. The quantitative estimate of drug-likeness (QED) is 0.782. The van der Waals surface area contributed by atoms with Crippen molar-refractivity contribution in [2.24, 2.45) is 0 Å². The Kier molecular flexibility index (Phi) is 3.58. The van der Waals surface area contributed by atoms with Crippen molar-refractivity contribution in [1.29, 1.82) is 0 Å². The number of halogens is 6. The Balaban J connectivity index is 2.59. The van der Waals surface area contributed by atoms with Crippen molar-refractivity contribution in [3.05, 3.63) is 34.9 Å². The van der Waals surface area contributed by atoms with Crippen LogP contribution in [0.4, 0.5) is 31.1 Å². The van der Waals surface area contributed by atoms with Crippen molar-refractivity contribution in [2.75, 3.05) is 0 Å². The molecule has 0 radical (unpaired) electrons. The van der Waals surface area contributed by atoms with Crippen LogP contribution in [-0.4, -0.2) is 11.6 Å². The van der Waals surface area contributed by atoms with E-state index in [1.54, 1.807) is 0 Å². The fourth-order valence-corrected chi connectivity index (χ4v) is 2.23. The van der Waals surface area contributed by atoms with Crippen molar-refractivity contribution in [1.82, 2.24) is 5.32 Å². The van der Waals surface area contributed by atoms with Gasteiger partial charge in [0, 0.05) is 0 Å². The fraction of sp³-hybridized carbons (Fsp3) is 0.462. The molecule has 1 fully saturated rings. The third-order valence-corrected chi connectivity index (χ3v) is 3.22. The second-order valence-corrected chi connectivity index (χ2v) is 5.47. The number of carbonyl (C=O) groups is 1. The molecule has 1 N–H and O–H groups in total. The molecule has 0 aliphatic carbocycles. The van der Waals surface area contributed by atoms with Gasteiger partial charge >= 0.3 is 18.4 Å². The number of hydrogen-bond donors (Lipinski definition) is 1. The maximum Gasteiger partial charge on any atom is 0.416 e. The van der Waals surface area contributed by atoms with Crippen LogP contribution in [-0.2, 0) is 17.1 Å². The number of nitrogens with one attached hydrogen (secondary N) is 1. The Morgan fingerprint density at radius 3 is 1.77 bits per heavy atom. The van der Waals surface area contributed by atoms with Gasteiger partial charge in [-0.25, -0.2) is 4.79 Å². The topological polar surface area (TPSA) is 38.3 Å². The number of amides is 1. The molecule has 1 atom stereocenters. The van der Waals surface area contributed by atoms with Gasteiger partial charge in [-0.1, -0.05) is 0 Å². The lowest BCUT2D eigenvalue weighted by Gasteiger charge is -2.25. The van der Waals surface area contributed by atoms with Crippen LogP contribution < -0.4 is 5.32 Å². The summed E-state index contributed by atoms with van der Waals surface area (Å²) in [7, 11) is 0. The number of ether oxygens (including phenoxy) is 1. The second-order valence-electron chi connectivity index (χ2n) is 5.47. The summed E-state index contributed by atoms with van der Waals surface area (Å²) in [6.07, 6.45) is -12.1. The zero-order valence-corrected chi connectivity index (χ0v) is 11.4. The first-order valence-electron chi connectivity index (χ1n) is 6.09. The van der Waals surface area contributed by atoms with Crippen LogP contribution >= 0.6 is 0 Å². The summed E-state index contributed by atoms with van der Waals surface area (Å²) >= 11 is 0. The van der Waals surface area contributed by atoms with E-state index in [-0.39, 0.29) is 11.6 Å². The molecule has 122 valence electrons. The summed E-state index contributed by atoms with van der Waals surface area (Å²) in [5.74, 6) is 0. The van der Waals surface area contributed by atoms with E-state index >= 15 is 0 Å². The number of rotatable bonds is 1. The fourth-order valence-electron chi connectivity index (χ4n) is 2.23. The van der Waals surface area contributed by atoms with E-state index in [2.05, 4.69) is 5.32 Å². The van der Waals surface area contributed by atoms with Gasteiger partial charge in [0.05, 0.1) is 16.7 Å². The van der Waals surface area contributed by atoms with E-state index in [1.807, 2.05) is 0 Å². The molecule has 1 amide bonds. The lowest BCUT2D eigenvalue weighted by molar-refractivity contribution is -0.143. The van der Waals surface area contributed by atoms with Gasteiger partial charge in [0.25, 0.3) is 0 Å². The van der Waals surface area contributed by atoms with E-state index in [9.17, 15) is 31.1 Å². The highest BCUT2D eigenvalue weighted by molar-refractivity contribution is 5.71. The Labute approximate surface area is 121 Å². The largest absolute Gasteiger partial charge is 0.439 e. The van der Waals surface area contributed by atoms with Gasteiger partial charge in [-0.3, -0.25) is 0 Å². The molecule has 1 aromatic rings. The summed E-state index contributed by atoms with van der Waals surface area (Å²) in [5.41, 5.74) is -4.40. The highest BCUT2D eigenvalue weighted by Crippen LogP contribution is 2.41. The Morgan fingerprint density at radius 2 is 1.45 bits per heavy atom. The zero-order chi connectivity index (χ0) is 16.9. The molecule has 0 saturated carbocycles. The zero-order valence-electron chi connectivity index (χ0n) is 11.4.